The van der Waals surface area contributed by atoms with Crippen LogP contribution >= 0.6 is 11.3 Å². The van der Waals surface area contributed by atoms with E-state index >= 15 is 0 Å². The zero-order valence-corrected chi connectivity index (χ0v) is 15.4. The molecule has 2 heterocycles. The molecule has 0 amide bonds. The lowest BCUT2D eigenvalue weighted by Gasteiger charge is -2.15. The second-order valence-electron chi connectivity index (χ2n) is 5.58. The van der Waals surface area contributed by atoms with Gasteiger partial charge in [0, 0.05) is 37.6 Å². The van der Waals surface area contributed by atoms with E-state index in [4.69, 9.17) is 0 Å². The lowest BCUT2D eigenvalue weighted by atomic mass is 10.2. The summed E-state index contributed by atoms with van der Waals surface area (Å²) in [6.07, 6.45) is 0. The lowest BCUT2D eigenvalue weighted by molar-refractivity contribution is 0.468. The topological polar surface area (TPSA) is 72.3 Å². The molecule has 0 radical (unpaired) electrons. The summed E-state index contributed by atoms with van der Waals surface area (Å²) in [7, 11) is -0.466. The Labute approximate surface area is 150 Å². The Morgan fingerprint density at radius 3 is 2.56 bits per heavy atom. The van der Waals surface area contributed by atoms with Crippen molar-refractivity contribution in [2.75, 3.05) is 7.05 Å². The monoisotopic (exact) mass is 375 g/mol. The maximum Gasteiger partial charge on any atom is 0.266 e. The van der Waals surface area contributed by atoms with E-state index in [1.54, 1.807) is 31.6 Å². The third kappa shape index (κ3) is 3.71. The van der Waals surface area contributed by atoms with Crippen molar-refractivity contribution >= 4 is 21.4 Å². The van der Waals surface area contributed by atoms with Gasteiger partial charge in [0.25, 0.3) is 15.6 Å². The number of thiophene rings is 1. The van der Waals surface area contributed by atoms with Gasteiger partial charge in [-0.3, -0.25) is 4.79 Å². The fraction of sp³-hybridized carbons (Fsp3) is 0.176. The molecule has 0 N–H and O–H groups in total. The molecule has 0 unspecified atom stereocenters. The minimum absolute atomic E-state index is 0.214. The first-order valence-corrected chi connectivity index (χ1v) is 9.83. The van der Waals surface area contributed by atoms with E-state index in [-0.39, 0.29) is 9.77 Å². The Kier molecular flexibility index (Phi) is 4.85. The van der Waals surface area contributed by atoms with Gasteiger partial charge >= 0.3 is 0 Å². The molecule has 0 bridgehead atoms. The van der Waals surface area contributed by atoms with Crippen molar-refractivity contribution in [3.8, 4) is 11.3 Å². The van der Waals surface area contributed by atoms with Crippen LogP contribution < -0.4 is 5.56 Å². The molecule has 0 spiro atoms. The number of hydrogen-bond donors (Lipinski definition) is 0. The van der Waals surface area contributed by atoms with E-state index in [2.05, 4.69) is 5.10 Å². The number of benzene rings is 1. The van der Waals surface area contributed by atoms with E-state index in [1.807, 2.05) is 30.3 Å². The van der Waals surface area contributed by atoms with Crippen LogP contribution in [0.5, 0.6) is 0 Å². The van der Waals surface area contributed by atoms with Crippen molar-refractivity contribution in [3.05, 3.63) is 69.8 Å². The minimum Gasteiger partial charge on any atom is -0.268 e. The van der Waals surface area contributed by atoms with E-state index in [9.17, 15) is 13.2 Å². The Morgan fingerprint density at radius 2 is 1.88 bits per heavy atom. The second-order valence-corrected chi connectivity index (χ2v) is 8.76. The molecule has 25 heavy (non-hydrogen) atoms. The number of rotatable bonds is 5. The SMILES string of the molecule is CN(Cc1ccccc1)S(=O)(=O)c1cc(-c2ccc(=O)n(C)n2)cs1. The molecule has 8 heteroatoms. The zero-order chi connectivity index (χ0) is 18.0. The number of hydrogen-bond acceptors (Lipinski definition) is 5. The summed E-state index contributed by atoms with van der Waals surface area (Å²) in [5, 5.41) is 5.89. The summed E-state index contributed by atoms with van der Waals surface area (Å²) in [5.74, 6) is 0. The van der Waals surface area contributed by atoms with Gasteiger partial charge in [0.15, 0.2) is 0 Å². The largest absolute Gasteiger partial charge is 0.268 e. The number of aromatic nitrogens is 2. The van der Waals surface area contributed by atoms with Crippen LogP contribution in [0.3, 0.4) is 0 Å². The Morgan fingerprint density at radius 1 is 1.16 bits per heavy atom. The molecule has 2 aromatic heterocycles. The van der Waals surface area contributed by atoms with Crippen molar-refractivity contribution in [2.24, 2.45) is 7.05 Å². The first kappa shape index (κ1) is 17.5. The van der Waals surface area contributed by atoms with Gasteiger partial charge in [0.05, 0.1) is 5.69 Å². The molecule has 3 rings (SSSR count). The van der Waals surface area contributed by atoms with Crippen LogP contribution in [0.1, 0.15) is 5.56 Å². The fourth-order valence-electron chi connectivity index (χ4n) is 2.32. The first-order valence-electron chi connectivity index (χ1n) is 7.51. The van der Waals surface area contributed by atoms with Crippen LogP contribution in [0.2, 0.25) is 0 Å². The van der Waals surface area contributed by atoms with E-state index in [0.29, 0.717) is 17.8 Å². The van der Waals surface area contributed by atoms with Crippen LogP contribution in [0.25, 0.3) is 11.3 Å². The molecule has 0 aliphatic heterocycles. The van der Waals surface area contributed by atoms with Crippen molar-refractivity contribution in [2.45, 2.75) is 10.8 Å². The molecule has 0 saturated heterocycles. The second kappa shape index (κ2) is 6.91. The molecule has 1 aromatic carbocycles. The molecule has 0 aliphatic rings. The van der Waals surface area contributed by atoms with Gasteiger partial charge in [-0.1, -0.05) is 30.3 Å². The van der Waals surface area contributed by atoms with Crippen molar-refractivity contribution in [3.63, 3.8) is 0 Å². The maximum absolute atomic E-state index is 12.8. The number of nitrogens with zero attached hydrogens (tertiary/aromatic N) is 3. The molecule has 6 nitrogen and oxygen atoms in total. The lowest BCUT2D eigenvalue weighted by Crippen LogP contribution is -2.25. The average molecular weight is 375 g/mol. The third-order valence-electron chi connectivity index (χ3n) is 3.74. The summed E-state index contributed by atoms with van der Waals surface area (Å²) < 4.78 is 28.3. The molecular weight excluding hydrogens is 358 g/mol. The van der Waals surface area contributed by atoms with Crippen LogP contribution in [0.4, 0.5) is 0 Å². The molecule has 3 aromatic rings. The summed E-state index contributed by atoms with van der Waals surface area (Å²) in [4.78, 5) is 11.4. The quantitative estimate of drug-likeness (QED) is 0.686. The molecule has 0 aliphatic carbocycles. The predicted molar refractivity (Wildman–Crippen MR) is 97.9 cm³/mol. The highest BCUT2D eigenvalue weighted by atomic mass is 32.2. The highest BCUT2D eigenvalue weighted by Crippen LogP contribution is 2.29. The van der Waals surface area contributed by atoms with Crippen molar-refractivity contribution < 1.29 is 8.42 Å². The van der Waals surface area contributed by atoms with Gasteiger partial charge in [-0.15, -0.1) is 11.3 Å². The van der Waals surface area contributed by atoms with Crippen LogP contribution in [-0.4, -0.2) is 29.6 Å². The Balaban J connectivity index is 1.87. The van der Waals surface area contributed by atoms with Gasteiger partial charge in [-0.25, -0.2) is 13.1 Å². The maximum atomic E-state index is 12.8. The van der Waals surface area contributed by atoms with Crippen LogP contribution in [0, 0.1) is 0 Å². The van der Waals surface area contributed by atoms with E-state index in [1.165, 1.54) is 15.1 Å². The highest BCUT2D eigenvalue weighted by molar-refractivity contribution is 7.91. The minimum atomic E-state index is -3.59. The number of aryl methyl sites for hydroxylation is 1. The van der Waals surface area contributed by atoms with Crippen LogP contribution in [0.15, 0.2) is 62.9 Å². The molecule has 130 valence electrons. The normalized spacial score (nSPS) is 11.8. The van der Waals surface area contributed by atoms with Gasteiger partial charge in [0.2, 0.25) is 0 Å². The Hall–Kier alpha value is -2.29. The smallest absolute Gasteiger partial charge is 0.266 e. The van der Waals surface area contributed by atoms with Gasteiger partial charge < -0.3 is 0 Å². The van der Waals surface area contributed by atoms with E-state index < -0.39 is 10.0 Å². The third-order valence-corrected chi connectivity index (χ3v) is 6.96. The Bertz CT molecular complexity index is 1040. The fourth-order valence-corrected chi connectivity index (χ4v) is 4.86. The average Bonchev–Trinajstić information content (AvgIpc) is 3.09. The summed E-state index contributed by atoms with van der Waals surface area (Å²) in [5.41, 5.74) is 1.94. The summed E-state index contributed by atoms with van der Waals surface area (Å²) >= 11 is 1.14. The molecule has 0 atom stereocenters. The van der Waals surface area contributed by atoms with Gasteiger partial charge in [-0.2, -0.15) is 9.40 Å². The summed E-state index contributed by atoms with van der Waals surface area (Å²) in [6, 6.07) is 14.0. The molecular formula is C17H17N3O3S2. The molecule has 0 fully saturated rings. The van der Waals surface area contributed by atoms with Gasteiger partial charge in [0.1, 0.15) is 4.21 Å². The molecule has 0 saturated carbocycles. The van der Waals surface area contributed by atoms with Gasteiger partial charge in [-0.05, 0) is 17.7 Å². The standard InChI is InChI=1S/C17H17N3O3S2/c1-19(11-13-6-4-3-5-7-13)25(22,23)17-10-14(12-24-17)15-8-9-16(21)20(2)18-15/h3-10,12H,11H2,1-2H3. The zero-order valence-electron chi connectivity index (χ0n) is 13.8. The number of sulfonamides is 1. The first-order chi connectivity index (χ1) is 11.9. The van der Waals surface area contributed by atoms with E-state index in [0.717, 1.165) is 16.9 Å². The van der Waals surface area contributed by atoms with Crippen molar-refractivity contribution in [1.29, 1.82) is 0 Å². The summed E-state index contributed by atoms with van der Waals surface area (Å²) in [6.45, 7) is 0.300. The highest BCUT2D eigenvalue weighted by Gasteiger charge is 2.23. The van der Waals surface area contributed by atoms with Crippen LogP contribution in [-0.2, 0) is 23.6 Å². The van der Waals surface area contributed by atoms with Crippen molar-refractivity contribution in [1.82, 2.24) is 14.1 Å². The predicted octanol–water partition coefficient (Wildman–Crippen LogP) is 2.33.